The molecule has 2 aromatic carbocycles. The molecule has 0 aliphatic heterocycles. The van der Waals surface area contributed by atoms with E-state index in [1.807, 2.05) is 48.7 Å². The Kier molecular flexibility index (Phi) is 5.21. The molecule has 0 aromatic heterocycles. The molecule has 0 atom stereocenters. The fourth-order valence-electron chi connectivity index (χ4n) is 1.88. The lowest BCUT2D eigenvalue weighted by Gasteiger charge is -2.05. The molecule has 0 unspecified atom stereocenters. The molecule has 0 saturated heterocycles. The Morgan fingerprint density at radius 2 is 1.65 bits per heavy atom. The number of carbonyl (C=O) groups excluding carboxylic acids is 1. The maximum atomic E-state index is 11.9. The molecule has 0 saturated carbocycles. The largest absolute Gasteiger partial charge is 0.294 e. The van der Waals surface area contributed by atoms with Crippen molar-refractivity contribution in [2.45, 2.75) is 11.8 Å². The van der Waals surface area contributed by atoms with Crippen LogP contribution >= 0.6 is 27.7 Å². The van der Waals surface area contributed by atoms with Gasteiger partial charge in [-0.15, -0.1) is 11.8 Å². The van der Waals surface area contributed by atoms with E-state index in [9.17, 15) is 4.79 Å². The number of carbonyl (C=O) groups is 1. The van der Waals surface area contributed by atoms with Crippen LogP contribution in [0.4, 0.5) is 0 Å². The summed E-state index contributed by atoms with van der Waals surface area (Å²) in [7, 11) is 0. The number of rotatable bonds is 4. The monoisotopic (exact) mass is 346 g/mol. The van der Waals surface area contributed by atoms with Crippen LogP contribution in [-0.4, -0.2) is 12.0 Å². The minimum absolute atomic E-state index is 0.0706. The van der Waals surface area contributed by atoms with Gasteiger partial charge in [0.2, 0.25) is 0 Å². The first-order chi connectivity index (χ1) is 9.60. The molecule has 0 heterocycles. The fraction of sp³-hybridized carbons (Fsp3) is 0.118. The van der Waals surface area contributed by atoms with E-state index in [0.29, 0.717) is 0 Å². The van der Waals surface area contributed by atoms with Crippen LogP contribution in [0.15, 0.2) is 57.9 Å². The SMILES string of the molecule is CSc1ccc(C=C(C(C)=O)c2ccc(Br)cc2)cc1. The first-order valence-corrected chi connectivity index (χ1v) is 8.24. The third-order valence-electron chi connectivity index (χ3n) is 2.96. The van der Waals surface area contributed by atoms with Crippen LogP contribution in [0.2, 0.25) is 0 Å². The van der Waals surface area contributed by atoms with Crippen molar-refractivity contribution < 1.29 is 4.79 Å². The van der Waals surface area contributed by atoms with E-state index >= 15 is 0 Å². The third-order valence-corrected chi connectivity index (χ3v) is 4.23. The number of Topliss-reactive ketones (excluding diaryl/α,β-unsaturated/α-hetero) is 1. The van der Waals surface area contributed by atoms with Crippen LogP contribution in [0.3, 0.4) is 0 Å². The summed E-state index contributed by atoms with van der Waals surface area (Å²) in [5.41, 5.74) is 2.71. The Hall–Kier alpha value is -1.32. The lowest BCUT2D eigenvalue weighted by Crippen LogP contribution is -1.95. The molecule has 3 heteroatoms. The molecule has 102 valence electrons. The molecule has 0 bridgehead atoms. The Morgan fingerprint density at radius 3 is 2.15 bits per heavy atom. The minimum Gasteiger partial charge on any atom is -0.294 e. The van der Waals surface area contributed by atoms with Crippen LogP contribution in [0.1, 0.15) is 18.1 Å². The van der Waals surface area contributed by atoms with Gasteiger partial charge in [-0.2, -0.15) is 0 Å². The standard InChI is InChI=1S/C17H15BrOS/c1-12(19)17(14-5-7-15(18)8-6-14)11-13-3-9-16(20-2)10-4-13/h3-11H,1-2H3. The molecule has 0 N–H and O–H groups in total. The minimum atomic E-state index is 0.0706. The quantitative estimate of drug-likeness (QED) is 0.424. The number of hydrogen-bond acceptors (Lipinski definition) is 2. The molecule has 0 fully saturated rings. The lowest BCUT2D eigenvalue weighted by molar-refractivity contribution is -0.111. The number of allylic oxidation sites excluding steroid dienone is 1. The smallest absolute Gasteiger partial charge is 0.160 e. The van der Waals surface area contributed by atoms with Gasteiger partial charge in [0.15, 0.2) is 5.78 Å². The predicted octanol–water partition coefficient (Wildman–Crippen LogP) is 5.30. The van der Waals surface area contributed by atoms with Crippen LogP contribution in [0.25, 0.3) is 11.6 Å². The van der Waals surface area contributed by atoms with Crippen LogP contribution in [0, 0.1) is 0 Å². The highest BCUT2D eigenvalue weighted by molar-refractivity contribution is 9.10. The van der Waals surface area contributed by atoms with Gasteiger partial charge in [-0.1, -0.05) is 40.2 Å². The topological polar surface area (TPSA) is 17.1 Å². The van der Waals surface area contributed by atoms with Gasteiger partial charge < -0.3 is 0 Å². The number of thioether (sulfide) groups is 1. The molecule has 0 aliphatic rings. The highest BCUT2D eigenvalue weighted by atomic mass is 79.9. The second kappa shape index (κ2) is 6.91. The average molecular weight is 347 g/mol. The van der Waals surface area contributed by atoms with Crippen molar-refractivity contribution in [3.05, 3.63) is 64.1 Å². The van der Waals surface area contributed by atoms with Gasteiger partial charge in [-0.05, 0) is 54.6 Å². The van der Waals surface area contributed by atoms with Crippen LogP contribution in [0.5, 0.6) is 0 Å². The van der Waals surface area contributed by atoms with Gasteiger partial charge in [-0.3, -0.25) is 4.79 Å². The molecule has 2 aromatic rings. The Bertz CT molecular complexity index is 627. The molecule has 0 aliphatic carbocycles. The van der Waals surface area contributed by atoms with Crippen molar-refractivity contribution in [2.75, 3.05) is 6.26 Å². The summed E-state index contributed by atoms with van der Waals surface area (Å²) < 4.78 is 1.01. The van der Waals surface area contributed by atoms with Crippen LogP contribution < -0.4 is 0 Å². The molecule has 0 radical (unpaired) electrons. The van der Waals surface area contributed by atoms with Crippen LogP contribution in [-0.2, 0) is 4.79 Å². The van der Waals surface area contributed by atoms with E-state index in [0.717, 1.165) is 21.2 Å². The van der Waals surface area contributed by atoms with E-state index in [4.69, 9.17) is 0 Å². The zero-order valence-corrected chi connectivity index (χ0v) is 13.8. The van der Waals surface area contributed by atoms with Crippen molar-refractivity contribution in [3.63, 3.8) is 0 Å². The summed E-state index contributed by atoms with van der Waals surface area (Å²) in [6.07, 6.45) is 3.99. The van der Waals surface area contributed by atoms with Crippen molar-refractivity contribution in [3.8, 4) is 0 Å². The maximum Gasteiger partial charge on any atom is 0.160 e. The zero-order chi connectivity index (χ0) is 14.5. The predicted molar refractivity (Wildman–Crippen MR) is 90.9 cm³/mol. The lowest BCUT2D eigenvalue weighted by atomic mass is 10.00. The molecule has 0 spiro atoms. The Balaban J connectivity index is 2.39. The van der Waals surface area contributed by atoms with E-state index in [1.165, 1.54) is 4.90 Å². The number of hydrogen-bond donors (Lipinski definition) is 0. The molecule has 20 heavy (non-hydrogen) atoms. The van der Waals surface area contributed by atoms with Gasteiger partial charge in [0.05, 0.1) is 0 Å². The number of benzene rings is 2. The molecular weight excluding hydrogens is 332 g/mol. The average Bonchev–Trinajstić information content (AvgIpc) is 2.46. The van der Waals surface area contributed by atoms with Gasteiger partial charge >= 0.3 is 0 Å². The molecule has 0 amide bonds. The van der Waals surface area contributed by atoms with Gasteiger partial charge in [-0.25, -0.2) is 0 Å². The maximum absolute atomic E-state index is 11.9. The third kappa shape index (κ3) is 3.84. The van der Waals surface area contributed by atoms with Crippen molar-refractivity contribution >= 4 is 45.1 Å². The van der Waals surface area contributed by atoms with E-state index < -0.39 is 0 Å². The van der Waals surface area contributed by atoms with Gasteiger partial charge in [0.1, 0.15) is 0 Å². The van der Waals surface area contributed by atoms with Crippen molar-refractivity contribution in [1.82, 2.24) is 0 Å². The van der Waals surface area contributed by atoms with E-state index in [-0.39, 0.29) is 5.78 Å². The van der Waals surface area contributed by atoms with Crippen molar-refractivity contribution in [1.29, 1.82) is 0 Å². The first-order valence-electron chi connectivity index (χ1n) is 6.23. The summed E-state index contributed by atoms with van der Waals surface area (Å²) in [6, 6.07) is 16.0. The summed E-state index contributed by atoms with van der Waals surface area (Å²) in [6.45, 7) is 1.60. The summed E-state index contributed by atoms with van der Waals surface area (Å²) in [5, 5.41) is 0. The van der Waals surface area contributed by atoms with Crippen molar-refractivity contribution in [2.24, 2.45) is 0 Å². The summed E-state index contributed by atoms with van der Waals surface area (Å²) in [4.78, 5) is 13.1. The normalized spacial score (nSPS) is 11.4. The van der Waals surface area contributed by atoms with Gasteiger partial charge in [0.25, 0.3) is 0 Å². The molecule has 1 nitrogen and oxygen atoms in total. The fourth-order valence-corrected chi connectivity index (χ4v) is 2.56. The van der Waals surface area contributed by atoms with Gasteiger partial charge in [0, 0.05) is 14.9 Å². The Morgan fingerprint density at radius 1 is 1.05 bits per heavy atom. The number of ketones is 1. The second-order valence-corrected chi connectivity index (χ2v) is 6.19. The first kappa shape index (κ1) is 15.1. The Labute approximate surface area is 132 Å². The van der Waals surface area contributed by atoms with E-state index in [1.54, 1.807) is 18.7 Å². The second-order valence-electron chi connectivity index (χ2n) is 4.39. The highest BCUT2D eigenvalue weighted by Crippen LogP contribution is 2.23. The number of halogens is 1. The summed E-state index contributed by atoms with van der Waals surface area (Å²) in [5.74, 6) is 0.0706. The van der Waals surface area contributed by atoms with E-state index in [2.05, 4.69) is 28.1 Å². The molecule has 2 rings (SSSR count). The summed E-state index contributed by atoms with van der Waals surface area (Å²) >= 11 is 5.12. The molecular formula is C17H15BrOS. The highest BCUT2D eigenvalue weighted by Gasteiger charge is 2.07. The zero-order valence-electron chi connectivity index (χ0n) is 11.4.